The van der Waals surface area contributed by atoms with E-state index in [0.717, 1.165) is 0 Å². The van der Waals surface area contributed by atoms with Gasteiger partial charge in [-0.25, -0.2) is 0 Å². The summed E-state index contributed by atoms with van der Waals surface area (Å²) >= 11 is 0. The maximum Gasteiger partial charge on any atom is 0.251 e. The molecule has 0 heterocycles. The van der Waals surface area contributed by atoms with Gasteiger partial charge in [0.2, 0.25) is 5.91 Å². The Hall–Kier alpha value is -2.21. The summed E-state index contributed by atoms with van der Waals surface area (Å²) in [6.07, 6.45) is 1.18. The third kappa shape index (κ3) is 6.91. The van der Waals surface area contributed by atoms with Crippen LogP contribution in [0.3, 0.4) is 0 Å². The molecule has 0 saturated carbocycles. The average Bonchev–Trinajstić information content (AvgIpc) is 2.57. The van der Waals surface area contributed by atoms with Gasteiger partial charge in [-0.15, -0.1) is 0 Å². The van der Waals surface area contributed by atoms with Crippen LogP contribution in [0.15, 0.2) is 24.3 Å². The molecule has 2 amide bonds. The topological polar surface area (TPSA) is 101 Å². The summed E-state index contributed by atoms with van der Waals surface area (Å²) in [6, 6.07) is 6.13. The number of benzene rings is 1. The number of hydrogen-bond donors (Lipinski definition) is 3. The van der Waals surface area contributed by atoms with E-state index in [-0.39, 0.29) is 30.3 Å². The molecule has 2 atom stereocenters. The van der Waals surface area contributed by atoms with E-state index in [4.69, 9.17) is 5.73 Å². The van der Waals surface area contributed by atoms with Gasteiger partial charge >= 0.3 is 0 Å². The highest BCUT2D eigenvalue weighted by Gasteiger charge is 2.17. The van der Waals surface area contributed by atoms with Crippen molar-refractivity contribution >= 4 is 18.1 Å². The Balaban J connectivity index is 2.41. The fraction of sp³-hybridized carbons (Fsp3) is 0.500. The minimum absolute atomic E-state index is 0.0239. The van der Waals surface area contributed by atoms with Gasteiger partial charge in [0.05, 0.1) is 0 Å². The van der Waals surface area contributed by atoms with Gasteiger partial charge < -0.3 is 16.4 Å². The SMILES string of the molecule is CC(C)CNC(=O)C(C)CC(N)CNC(=O)c1cccc(C=O)c1. The van der Waals surface area contributed by atoms with Crippen LogP contribution in [0.1, 0.15) is 47.9 Å². The molecule has 2 unspecified atom stereocenters. The quantitative estimate of drug-likeness (QED) is 0.594. The van der Waals surface area contributed by atoms with Crippen LogP contribution in [0.5, 0.6) is 0 Å². The highest BCUT2D eigenvalue weighted by Crippen LogP contribution is 2.06. The first-order chi connectivity index (χ1) is 11.3. The molecule has 6 nitrogen and oxygen atoms in total. The van der Waals surface area contributed by atoms with Crippen LogP contribution < -0.4 is 16.4 Å². The van der Waals surface area contributed by atoms with Crippen molar-refractivity contribution in [3.63, 3.8) is 0 Å². The normalized spacial score (nSPS) is 13.2. The molecule has 132 valence electrons. The molecule has 0 saturated heterocycles. The Morgan fingerprint density at radius 2 is 1.88 bits per heavy atom. The van der Waals surface area contributed by atoms with Crippen molar-refractivity contribution < 1.29 is 14.4 Å². The fourth-order valence-electron chi connectivity index (χ4n) is 2.20. The zero-order valence-corrected chi connectivity index (χ0v) is 14.5. The van der Waals surface area contributed by atoms with E-state index in [9.17, 15) is 14.4 Å². The predicted molar refractivity (Wildman–Crippen MR) is 93.8 cm³/mol. The van der Waals surface area contributed by atoms with Crippen molar-refractivity contribution in [2.75, 3.05) is 13.1 Å². The summed E-state index contributed by atoms with van der Waals surface area (Å²) < 4.78 is 0. The molecule has 0 fully saturated rings. The Labute approximate surface area is 143 Å². The second-order valence-corrected chi connectivity index (χ2v) is 6.49. The molecule has 24 heavy (non-hydrogen) atoms. The van der Waals surface area contributed by atoms with Crippen LogP contribution in [0, 0.1) is 11.8 Å². The summed E-state index contributed by atoms with van der Waals surface area (Å²) in [5, 5.41) is 5.61. The third-order valence-corrected chi connectivity index (χ3v) is 3.60. The van der Waals surface area contributed by atoms with E-state index >= 15 is 0 Å². The minimum atomic E-state index is -0.317. The smallest absolute Gasteiger partial charge is 0.251 e. The van der Waals surface area contributed by atoms with Gasteiger partial charge in [-0.1, -0.05) is 32.9 Å². The molecule has 1 aromatic carbocycles. The summed E-state index contributed by atoms with van der Waals surface area (Å²) in [4.78, 5) is 34.7. The summed E-state index contributed by atoms with van der Waals surface area (Å²) in [5.41, 5.74) is 6.86. The lowest BCUT2D eigenvalue weighted by Gasteiger charge is -2.18. The molecular formula is C18H27N3O3. The second-order valence-electron chi connectivity index (χ2n) is 6.49. The van der Waals surface area contributed by atoms with Crippen molar-refractivity contribution in [1.29, 1.82) is 0 Å². The number of nitrogens with two attached hydrogens (primary N) is 1. The maximum absolute atomic E-state index is 12.1. The summed E-state index contributed by atoms with van der Waals surface area (Å²) in [5.74, 6) is -0.125. The lowest BCUT2D eigenvalue weighted by Crippen LogP contribution is -2.41. The van der Waals surface area contributed by atoms with Crippen molar-refractivity contribution in [2.24, 2.45) is 17.6 Å². The zero-order chi connectivity index (χ0) is 18.1. The number of aldehydes is 1. The molecule has 0 aliphatic heterocycles. The van der Waals surface area contributed by atoms with Gasteiger partial charge in [0, 0.05) is 36.2 Å². The van der Waals surface area contributed by atoms with Gasteiger partial charge in [0.1, 0.15) is 6.29 Å². The number of carbonyl (C=O) groups is 3. The van der Waals surface area contributed by atoms with Crippen LogP contribution in [-0.2, 0) is 4.79 Å². The molecule has 0 radical (unpaired) electrons. The van der Waals surface area contributed by atoms with Crippen LogP contribution in [0.4, 0.5) is 0 Å². The molecule has 4 N–H and O–H groups in total. The Morgan fingerprint density at radius 3 is 2.50 bits per heavy atom. The molecule has 1 rings (SSSR count). The lowest BCUT2D eigenvalue weighted by molar-refractivity contribution is -0.124. The monoisotopic (exact) mass is 333 g/mol. The fourth-order valence-corrected chi connectivity index (χ4v) is 2.20. The van der Waals surface area contributed by atoms with Crippen LogP contribution in [0.25, 0.3) is 0 Å². The van der Waals surface area contributed by atoms with E-state index in [1.54, 1.807) is 18.2 Å². The van der Waals surface area contributed by atoms with Gasteiger partial charge in [-0.2, -0.15) is 0 Å². The van der Waals surface area contributed by atoms with Gasteiger partial charge in [0.15, 0.2) is 0 Å². The van der Waals surface area contributed by atoms with Crippen molar-refractivity contribution in [3.05, 3.63) is 35.4 Å². The standard InChI is InChI=1S/C18H27N3O3/c1-12(2)9-20-17(23)13(3)7-16(19)10-21-18(24)15-6-4-5-14(8-15)11-22/h4-6,8,11-13,16H,7,9-10,19H2,1-3H3,(H,20,23)(H,21,24). The third-order valence-electron chi connectivity index (χ3n) is 3.60. The van der Waals surface area contributed by atoms with E-state index in [0.29, 0.717) is 36.3 Å². The minimum Gasteiger partial charge on any atom is -0.356 e. The van der Waals surface area contributed by atoms with E-state index < -0.39 is 0 Å². The Kier molecular flexibility index (Phi) is 8.12. The lowest BCUT2D eigenvalue weighted by atomic mass is 10.0. The van der Waals surface area contributed by atoms with Gasteiger partial charge in [-0.3, -0.25) is 14.4 Å². The van der Waals surface area contributed by atoms with Gasteiger partial charge in [0.25, 0.3) is 5.91 Å². The number of carbonyl (C=O) groups excluding carboxylic acids is 3. The highest BCUT2D eigenvalue weighted by molar-refractivity contribution is 5.95. The predicted octanol–water partition coefficient (Wildman–Crippen LogP) is 1.35. The number of hydrogen-bond acceptors (Lipinski definition) is 4. The second kappa shape index (κ2) is 9.82. The molecule has 0 aliphatic rings. The summed E-state index contributed by atoms with van der Waals surface area (Å²) in [7, 11) is 0. The largest absolute Gasteiger partial charge is 0.356 e. The van der Waals surface area contributed by atoms with Crippen LogP contribution >= 0.6 is 0 Å². The Morgan fingerprint density at radius 1 is 1.17 bits per heavy atom. The maximum atomic E-state index is 12.1. The Bertz CT molecular complexity index is 572. The average molecular weight is 333 g/mol. The highest BCUT2D eigenvalue weighted by atomic mass is 16.2. The van der Waals surface area contributed by atoms with Gasteiger partial charge in [-0.05, 0) is 24.5 Å². The first-order valence-corrected chi connectivity index (χ1v) is 8.20. The van der Waals surface area contributed by atoms with E-state index in [1.807, 2.05) is 20.8 Å². The molecule has 0 spiro atoms. The summed E-state index contributed by atoms with van der Waals surface area (Å²) in [6.45, 7) is 6.80. The van der Waals surface area contributed by atoms with Crippen molar-refractivity contribution in [2.45, 2.75) is 33.2 Å². The number of nitrogens with one attached hydrogen (secondary N) is 2. The van der Waals surface area contributed by atoms with E-state index in [2.05, 4.69) is 10.6 Å². The molecule has 0 aromatic heterocycles. The van der Waals surface area contributed by atoms with E-state index in [1.165, 1.54) is 6.07 Å². The number of amides is 2. The first kappa shape index (κ1) is 19.8. The number of rotatable bonds is 9. The van der Waals surface area contributed by atoms with Crippen LogP contribution in [0.2, 0.25) is 0 Å². The van der Waals surface area contributed by atoms with Crippen molar-refractivity contribution in [1.82, 2.24) is 10.6 Å². The molecule has 0 bridgehead atoms. The molecular weight excluding hydrogens is 306 g/mol. The molecule has 0 aliphatic carbocycles. The molecule has 1 aromatic rings. The first-order valence-electron chi connectivity index (χ1n) is 8.20. The van der Waals surface area contributed by atoms with Crippen LogP contribution in [-0.4, -0.2) is 37.2 Å². The van der Waals surface area contributed by atoms with Crippen molar-refractivity contribution in [3.8, 4) is 0 Å². The molecule has 6 heteroatoms. The zero-order valence-electron chi connectivity index (χ0n) is 14.5.